The summed E-state index contributed by atoms with van der Waals surface area (Å²) < 4.78 is 0. The summed E-state index contributed by atoms with van der Waals surface area (Å²) in [5.41, 5.74) is 0.502. The van der Waals surface area contributed by atoms with Crippen LogP contribution >= 0.6 is 0 Å². The van der Waals surface area contributed by atoms with E-state index in [9.17, 15) is 9.59 Å². The van der Waals surface area contributed by atoms with E-state index >= 15 is 0 Å². The number of aromatic nitrogens is 1. The summed E-state index contributed by atoms with van der Waals surface area (Å²) in [6.45, 7) is 1.65. The van der Waals surface area contributed by atoms with Crippen LogP contribution in [0.25, 0.3) is 0 Å². The van der Waals surface area contributed by atoms with E-state index in [4.69, 9.17) is 5.11 Å². The third kappa shape index (κ3) is 3.05. The number of hydrogen-bond acceptors (Lipinski definition) is 3. The molecule has 2 N–H and O–H groups in total. The van der Waals surface area contributed by atoms with Crippen molar-refractivity contribution in [2.24, 2.45) is 5.92 Å². The number of carbonyl (C=O) groups is 2. The number of carbonyl (C=O) groups excluding carboxylic acids is 1. The summed E-state index contributed by atoms with van der Waals surface area (Å²) in [5, 5.41) is 11.2. The van der Waals surface area contributed by atoms with Crippen molar-refractivity contribution in [1.82, 2.24) is 4.98 Å². The number of nitrogens with zero attached hydrogens (tertiary/aromatic N) is 1. The molecule has 0 bridgehead atoms. The molecule has 0 radical (unpaired) electrons. The van der Waals surface area contributed by atoms with Crippen LogP contribution in [-0.2, 0) is 9.59 Å². The number of aliphatic carboxylic acids is 1. The lowest BCUT2D eigenvalue weighted by Gasteiger charge is -2.09. The lowest BCUT2D eigenvalue weighted by Crippen LogP contribution is -2.28. The fourth-order valence-electron chi connectivity index (χ4n) is 1.14. The van der Waals surface area contributed by atoms with Crippen LogP contribution in [0.2, 0.25) is 0 Å². The van der Waals surface area contributed by atoms with Gasteiger partial charge in [-0.2, -0.15) is 0 Å². The van der Waals surface area contributed by atoms with Crippen molar-refractivity contribution in [3.63, 3.8) is 0 Å². The smallest absolute Gasteiger partial charge is 0.316 e. The maximum absolute atomic E-state index is 11.5. The molecule has 1 amide bonds. The molecule has 1 heterocycles. The summed E-state index contributed by atoms with van der Waals surface area (Å²) in [4.78, 5) is 26.0. The number of carboxylic acid groups (broad SMARTS) is 1. The highest BCUT2D eigenvalue weighted by atomic mass is 16.4. The molecule has 0 aliphatic heterocycles. The Labute approximate surface area is 87.1 Å². The van der Waals surface area contributed by atoms with E-state index in [1.807, 2.05) is 0 Å². The highest BCUT2D eigenvalue weighted by Gasteiger charge is 2.23. The lowest BCUT2D eigenvalue weighted by atomic mass is 10.1. The van der Waals surface area contributed by atoms with E-state index in [1.54, 1.807) is 25.3 Å². The first kappa shape index (κ1) is 11.2. The molecule has 0 saturated carbocycles. The maximum atomic E-state index is 11.5. The number of anilines is 1. The van der Waals surface area contributed by atoms with Crippen LogP contribution in [0.1, 0.15) is 13.3 Å². The predicted octanol–water partition coefficient (Wildman–Crippen LogP) is 1.13. The Morgan fingerprint density at radius 1 is 1.60 bits per heavy atom. The van der Waals surface area contributed by atoms with E-state index in [0.717, 1.165) is 0 Å². The Morgan fingerprint density at radius 2 is 2.33 bits per heavy atom. The molecule has 15 heavy (non-hydrogen) atoms. The van der Waals surface area contributed by atoms with Crippen LogP contribution in [0.4, 0.5) is 5.69 Å². The number of nitrogens with one attached hydrogen (secondary N) is 1. The molecule has 0 aliphatic rings. The molecule has 0 fully saturated rings. The Kier molecular flexibility index (Phi) is 3.79. The second kappa shape index (κ2) is 5.09. The van der Waals surface area contributed by atoms with Crippen molar-refractivity contribution in [2.45, 2.75) is 13.3 Å². The number of pyridine rings is 1. The topological polar surface area (TPSA) is 79.3 Å². The fraction of sp³-hybridized carbons (Fsp3) is 0.300. The molecule has 0 aliphatic carbocycles. The van der Waals surface area contributed by atoms with Crippen LogP contribution < -0.4 is 5.32 Å². The highest BCUT2D eigenvalue weighted by molar-refractivity contribution is 6.04. The Morgan fingerprint density at radius 3 is 2.80 bits per heavy atom. The standard InChI is InChI=1S/C10H12N2O3/c1-2-8(10(14)15)9(13)12-7-4-3-5-11-6-7/h3-6,8H,2H2,1H3,(H,12,13)(H,14,15). The summed E-state index contributed by atoms with van der Waals surface area (Å²) >= 11 is 0. The second-order valence-electron chi connectivity index (χ2n) is 3.03. The van der Waals surface area contributed by atoms with Crippen molar-refractivity contribution < 1.29 is 14.7 Å². The molecule has 5 nitrogen and oxygen atoms in total. The molecule has 1 aromatic heterocycles. The van der Waals surface area contributed by atoms with Crippen LogP contribution in [0.15, 0.2) is 24.5 Å². The number of rotatable bonds is 4. The van der Waals surface area contributed by atoms with Gasteiger partial charge >= 0.3 is 5.97 Å². The zero-order valence-electron chi connectivity index (χ0n) is 8.30. The lowest BCUT2D eigenvalue weighted by molar-refractivity contribution is -0.145. The van der Waals surface area contributed by atoms with E-state index in [1.165, 1.54) is 6.20 Å². The average molecular weight is 208 g/mol. The summed E-state index contributed by atoms with van der Waals surface area (Å²) in [6.07, 6.45) is 3.30. The SMILES string of the molecule is CCC(C(=O)O)C(=O)Nc1cccnc1. The number of carboxylic acids is 1. The third-order valence-corrected chi connectivity index (χ3v) is 1.95. The first-order valence-corrected chi connectivity index (χ1v) is 4.58. The van der Waals surface area contributed by atoms with Crippen molar-refractivity contribution in [3.05, 3.63) is 24.5 Å². The van der Waals surface area contributed by atoms with Gasteiger partial charge in [-0.05, 0) is 18.6 Å². The van der Waals surface area contributed by atoms with Gasteiger partial charge in [-0.1, -0.05) is 6.92 Å². The molecule has 5 heteroatoms. The predicted molar refractivity (Wildman–Crippen MR) is 54.3 cm³/mol. The summed E-state index contributed by atoms with van der Waals surface area (Å²) in [6, 6.07) is 3.32. The Balaban J connectivity index is 2.66. The normalized spacial score (nSPS) is 11.8. The van der Waals surface area contributed by atoms with Gasteiger partial charge in [-0.15, -0.1) is 0 Å². The van der Waals surface area contributed by atoms with Gasteiger partial charge in [0.25, 0.3) is 0 Å². The fourth-order valence-corrected chi connectivity index (χ4v) is 1.14. The van der Waals surface area contributed by atoms with Crippen LogP contribution in [0.5, 0.6) is 0 Å². The first-order chi connectivity index (χ1) is 7.15. The molecule has 0 spiro atoms. The van der Waals surface area contributed by atoms with Gasteiger partial charge in [-0.3, -0.25) is 14.6 Å². The number of hydrogen-bond donors (Lipinski definition) is 2. The van der Waals surface area contributed by atoms with Crippen molar-refractivity contribution in [3.8, 4) is 0 Å². The van der Waals surface area contributed by atoms with E-state index in [-0.39, 0.29) is 6.42 Å². The van der Waals surface area contributed by atoms with E-state index in [0.29, 0.717) is 5.69 Å². The minimum absolute atomic E-state index is 0.265. The van der Waals surface area contributed by atoms with Gasteiger partial charge in [-0.25, -0.2) is 0 Å². The van der Waals surface area contributed by atoms with Crippen LogP contribution in [-0.4, -0.2) is 22.0 Å². The Bertz CT molecular complexity index is 351. The molecule has 0 saturated heterocycles. The van der Waals surface area contributed by atoms with Gasteiger partial charge in [0.15, 0.2) is 0 Å². The van der Waals surface area contributed by atoms with Gasteiger partial charge in [0.2, 0.25) is 5.91 Å². The highest BCUT2D eigenvalue weighted by Crippen LogP contribution is 2.09. The van der Waals surface area contributed by atoms with E-state index in [2.05, 4.69) is 10.3 Å². The minimum atomic E-state index is -1.11. The average Bonchev–Trinajstić information content (AvgIpc) is 2.19. The molecular formula is C10H12N2O3. The van der Waals surface area contributed by atoms with Crippen LogP contribution in [0.3, 0.4) is 0 Å². The molecule has 1 aromatic rings. The van der Waals surface area contributed by atoms with Gasteiger partial charge < -0.3 is 10.4 Å². The second-order valence-corrected chi connectivity index (χ2v) is 3.03. The number of amides is 1. The first-order valence-electron chi connectivity index (χ1n) is 4.58. The van der Waals surface area contributed by atoms with Gasteiger partial charge in [0.1, 0.15) is 5.92 Å². The molecule has 1 rings (SSSR count). The molecule has 1 atom stereocenters. The maximum Gasteiger partial charge on any atom is 0.316 e. The van der Waals surface area contributed by atoms with Gasteiger partial charge in [0.05, 0.1) is 11.9 Å². The van der Waals surface area contributed by atoms with Crippen LogP contribution in [0, 0.1) is 5.92 Å². The summed E-state index contributed by atoms with van der Waals surface area (Å²) in [7, 11) is 0. The monoisotopic (exact) mass is 208 g/mol. The van der Waals surface area contributed by atoms with Crippen molar-refractivity contribution in [2.75, 3.05) is 5.32 Å². The molecule has 80 valence electrons. The van der Waals surface area contributed by atoms with Crippen molar-refractivity contribution in [1.29, 1.82) is 0 Å². The van der Waals surface area contributed by atoms with E-state index < -0.39 is 17.8 Å². The quantitative estimate of drug-likeness (QED) is 0.727. The zero-order valence-corrected chi connectivity index (χ0v) is 8.30. The summed E-state index contributed by atoms with van der Waals surface area (Å²) in [5.74, 6) is -2.64. The van der Waals surface area contributed by atoms with Gasteiger partial charge in [0, 0.05) is 6.20 Å². The molecule has 0 aromatic carbocycles. The minimum Gasteiger partial charge on any atom is -0.481 e. The largest absolute Gasteiger partial charge is 0.481 e. The van der Waals surface area contributed by atoms with Crippen molar-refractivity contribution >= 4 is 17.6 Å². The molecule has 1 unspecified atom stereocenters. The molecular weight excluding hydrogens is 196 g/mol. The zero-order chi connectivity index (χ0) is 11.3. The Hall–Kier alpha value is -1.91. The third-order valence-electron chi connectivity index (χ3n) is 1.95.